The number of thiazole rings is 1. The molecular formula is C17H26Cl3N3OS. The van der Waals surface area contributed by atoms with Gasteiger partial charge in [-0.1, -0.05) is 12.1 Å². The molecule has 1 aromatic carbocycles. The Morgan fingerprint density at radius 2 is 1.76 bits per heavy atom. The Balaban J connectivity index is 0.00000192. The van der Waals surface area contributed by atoms with Gasteiger partial charge in [-0.25, -0.2) is 4.98 Å². The van der Waals surface area contributed by atoms with Crippen molar-refractivity contribution in [1.29, 1.82) is 0 Å². The molecule has 3 rings (SSSR count). The number of halogens is 3. The van der Waals surface area contributed by atoms with Gasteiger partial charge >= 0.3 is 0 Å². The SMILES string of the molecule is COc1ccccc1N1CCN(CCc2scnc2C)CC1.Cl.Cl.Cl. The topological polar surface area (TPSA) is 28.6 Å². The van der Waals surface area contributed by atoms with E-state index in [0.29, 0.717) is 0 Å². The number of hydrogen-bond acceptors (Lipinski definition) is 5. The van der Waals surface area contributed by atoms with E-state index in [1.807, 2.05) is 17.6 Å². The number of nitrogens with zero attached hydrogens (tertiary/aromatic N) is 3. The summed E-state index contributed by atoms with van der Waals surface area (Å²) in [6, 6.07) is 8.29. The molecule has 0 bridgehead atoms. The second-order valence-electron chi connectivity index (χ2n) is 5.61. The second kappa shape index (κ2) is 11.8. The molecule has 1 fully saturated rings. The number of para-hydroxylation sites is 2. The number of methoxy groups -OCH3 is 1. The predicted octanol–water partition coefficient (Wildman–Crippen LogP) is 4.09. The van der Waals surface area contributed by atoms with Crippen molar-refractivity contribution in [2.24, 2.45) is 0 Å². The summed E-state index contributed by atoms with van der Waals surface area (Å²) < 4.78 is 5.47. The summed E-state index contributed by atoms with van der Waals surface area (Å²) >= 11 is 1.78. The Labute approximate surface area is 172 Å². The third-order valence-electron chi connectivity index (χ3n) is 4.30. The van der Waals surface area contributed by atoms with E-state index in [0.717, 1.165) is 44.9 Å². The molecule has 0 amide bonds. The molecule has 1 aliphatic rings. The van der Waals surface area contributed by atoms with Crippen LogP contribution in [0.4, 0.5) is 5.69 Å². The van der Waals surface area contributed by atoms with E-state index >= 15 is 0 Å². The third-order valence-corrected chi connectivity index (χ3v) is 5.29. The number of anilines is 1. The molecule has 0 saturated carbocycles. The highest BCUT2D eigenvalue weighted by molar-refractivity contribution is 7.09. The molecule has 0 unspecified atom stereocenters. The predicted molar refractivity (Wildman–Crippen MR) is 114 cm³/mol. The smallest absolute Gasteiger partial charge is 0.142 e. The third kappa shape index (κ3) is 6.19. The first-order valence-electron chi connectivity index (χ1n) is 7.77. The van der Waals surface area contributed by atoms with Gasteiger partial charge < -0.3 is 9.64 Å². The lowest BCUT2D eigenvalue weighted by Gasteiger charge is -2.36. The fourth-order valence-corrected chi connectivity index (χ4v) is 3.70. The molecule has 0 atom stereocenters. The molecule has 2 heterocycles. The molecule has 25 heavy (non-hydrogen) atoms. The van der Waals surface area contributed by atoms with E-state index in [1.165, 1.54) is 16.3 Å². The van der Waals surface area contributed by atoms with Gasteiger partial charge in [0.25, 0.3) is 0 Å². The quantitative estimate of drug-likeness (QED) is 0.720. The maximum absolute atomic E-state index is 5.47. The second-order valence-corrected chi connectivity index (χ2v) is 6.55. The molecule has 0 N–H and O–H groups in total. The summed E-state index contributed by atoms with van der Waals surface area (Å²) in [6.45, 7) is 7.56. The number of rotatable bonds is 5. The zero-order chi connectivity index (χ0) is 15.4. The fourth-order valence-electron chi connectivity index (χ4n) is 2.93. The van der Waals surface area contributed by atoms with Gasteiger partial charge in [-0.15, -0.1) is 48.6 Å². The number of aryl methyl sites for hydroxylation is 1. The van der Waals surface area contributed by atoms with Crippen molar-refractivity contribution in [2.45, 2.75) is 13.3 Å². The van der Waals surface area contributed by atoms with Crippen molar-refractivity contribution in [3.63, 3.8) is 0 Å². The van der Waals surface area contributed by atoms with Gasteiger partial charge in [-0.05, 0) is 25.5 Å². The van der Waals surface area contributed by atoms with Crippen LogP contribution in [0.5, 0.6) is 5.75 Å². The number of benzene rings is 1. The summed E-state index contributed by atoms with van der Waals surface area (Å²) in [6.07, 6.45) is 1.12. The van der Waals surface area contributed by atoms with Gasteiger partial charge in [0.2, 0.25) is 0 Å². The first kappa shape index (κ1) is 24.3. The van der Waals surface area contributed by atoms with Gasteiger partial charge in [0.05, 0.1) is 24.0 Å². The van der Waals surface area contributed by atoms with Crippen molar-refractivity contribution in [1.82, 2.24) is 9.88 Å². The van der Waals surface area contributed by atoms with E-state index < -0.39 is 0 Å². The van der Waals surface area contributed by atoms with E-state index in [4.69, 9.17) is 4.74 Å². The molecule has 1 saturated heterocycles. The summed E-state index contributed by atoms with van der Waals surface area (Å²) in [4.78, 5) is 10.7. The van der Waals surface area contributed by atoms with Crippen LogP contribution in [0.3, 0.4) is 0 Å². The lowest BCUT2D eigenvalue weighted by molar-refractivity contribution is 0.260. The molecule has 4 nitrogen and oxygen atoms in total. The average Bonchev–Trinajstić information content (AvgIpc) is 2.98. The fraction of sp³-hybridized carbons (Fsp3) is 0.471. The largest absolute Gasteiger partial charge is 0.495 e. The summed E-state index contributed by atoms with van der Waals surface area (Å²) in [5.74, 6) is 0.969. The van der Waals surface area contributed by atoms with Crippen LogP contribution in [0, 0.1) is 6.92 Å². The lowest BCUT2D eigenvalue weighted by atomic mass is 10.2. The zero-order valence-electron chi connectivity index (χ0n) is 14.5. The highest BCUT2D eigenvalue weighted by atomic mass is 35.5. The van der Waals surface area contributed by atoms with Gasteiger partial charge in [0.1, 0.15) is 5.75 Å². The van der Waals surface area contributed by atoms with Crippen LogP contribution in [0.1, 0.15) is 10.6 Å². The Kier molecular flexibility index (Phi) is 11.5. The van der Waals surface area contributed by atoms with Gasteiger partial charge in [0.15, 0.2) is 0 Å². The van der Waals surface area contributed by atoms with Crippen LogP contribution in [-0.4, -0.2) is 49.7 Å². The molecule has 1 aromatic heterocycles. The maximum atomic E-state index is 5.47. The minimum atomic E-state index is 0. The molecule has 0 aliphatic carbocycles. The summed E-state index contributed by atoms with van der Waals surface area (Å²) in [5.41, 5.74) is 4.35. The van der Waals surface area contributed by atoms with Crippen LogP contribution in [0.25, 0.3) is 0 Å². The van der Waals surface area contributed by atoms with E-state index in [9.17, 15) is 0 Å². The van der Waals surface area contributed by atoms with Crippen molar-refractivity contribution in [3.05, 3.63) is 40.3 Å². The Morgan fingerprint density at radius 3 is 2.36 bits per heavy atom. The van der Waals surface area contributed by atoms with Crippen LogP contribution in [0.2, 0.25) is 0 Å². The average molecular weight is 427 g/mol. The standard InChI is InChI=1S/C17H23N3OS.3ClH/c1-14-17(22-13-18-14)7-8-19-9-11-20(12-10-19)15-5-3-4-6-16(15)21-2;;;/h3-6,13H,7-12H2,1-2H3;3*1H. The minimum Gasteiger partial charge on any atom is -0.495 e. The number of aromatic nitrogens is 1. The molecule has 142 valence electrons. The molecule has 1 aliphatic heterocycles. The Hall–Kier alpha value is -0.720. The molecule has 2 aromatic rings. The monoisotopic (exact) mass is 425 g/mol. The molecule has 0 radical (unpaired) electrons. The first-order chi connectivity index (χ1) is 10.8. The van der Waals surface area contributed by atoms with Gasteiger partial charge in [0, 0.05) is 37.6 Å². The van der Waals surface area contributed by atoms with Gasteiger partial charge in [-0.3, -0.25) is 4.90 Å². The zero-order valence-corrected chi connectivity index (χ0v) is 17.8. The minimum absolute atomic E-state index is 0. The van der Waals surface area contributed by atoms with Crippen LogP contribution >= 0.6 is 48.6 Å². The number of ether oxygens (including phenoxy) is 1. The number of hydrogen-bond donors (Lipinski definition) is 0. The van der Waals surface area contributed by atoms with E-state index in [-0.39, 0.29) is 37.2 Å². The number of piperazine rings is 1. The van der Waals surface area contributed by atoms with Gasteiger partial charge in [-0.2, -0.15) is 0 Å². The van der Waals surface area contributed by atoms with E-state index in [2.05, 4.69) is 33.8 Å². The molecule has 0 spiro atoms. The van der Waals surface area contributed by atoms with Crippen molar-refractivity contribution in [3.8, 4) is 5.75 Å². The summed E-state index contributed by atoms with van der Waals surface area (Å²) in [5, 5.41) is 0. The normalized spacial score (nSPS) is 14.1. The Morgan fingerprint density at radius 1 is 1.08 bits per heavy atom. The van der Waals surface area contributed by atoms with Crippen LogP contribution in [-0.2, 0) is 6.42 Å². The van der Waals surface area contributed by atoms with Crippen molar-refractivity contribution >= 4 is 54.2 Å². The maximum Gasteiger partial charge on any atom is 0.142 e. The highest BCUT2D eigenvalue weighted by Gasteiger charge is 2.19. The molecular weight excluding hydrogens is 401 g/mol. The first-order valence-corrected chi connectivity index (χ1v) is 8.65. The lowest BCUT2D eigenvalue weighted by Crippen LogP contribution is -2.47. The Bertz CT molecular complexity index is 619. The summed E-state index contributed by atoms with van der Waals surface area (Å²) in [7, 11) is 1.74. The van der Waals surface area contributed by atoms with E-state index in [1.54, 1.807) is 18.4 Å². The van der Waals surface area contributed by atoms with Crippen molar-refractivity contribution < 1.29 is 4.74 Å². The van der Waals surface area contributed by atoms with Crippen molar-refractivity contribution in [2.75, 3.05) is 44.7 Å². The molecule has 8 heteroatoms. The van der Waals surface area contributed by atoms with Crippen LogP contribution < -0.4 is 9.64 Å². The van der Waals surface area contributed by atoms with Crippen LogP contribution in [0.15, 0.2) is 29.8 Å². The highest BCUT2D eigenvalue weighted by Crippen LogP contribution is 2.28.